The monoisotopic (exact) mass is 398 g/mol. The zero-order valence-electron chi connectivity index (χ0n) is 13.9. The van der Waals surface area contributed by atoms with Crippen molar-refractivity contribution >= 4 is 21.8 Å². The molecule has 1 N–H and O–H groups in total. The number of rotatable bonds is 6. The Morgan fingerprint density at radius 3 is 2.88 bits per heavy atom. The summed E-state index contributed by atoms with van der Waals surface area (Å²) in [6.45, 7) is 3.31. The molecule has 0 unspecified atom stereocenters. The molecular weight excluding hydrogens is 380 g/mol. The fraction of sp³-hybridized carbons (Fsp3) is 0.211. The first-order valence-corrected chi connectivity index (χ1v) is 8.90. The molecule has 3 aromatic rings. The van der Waals surface area contributed by atoms with Crippen LogP contribution in [0.25, 0.3) is 11.3 Å². The molecule has 0 atom stereocenters. The summed E-state index contributed by atoms with van der Waals surface area (Å²) in [5.41, 5.74) is 3.21. The second kappa shape index (κ2) is 8.07. The van der Waals surface area contributed by atoms with Gasteiger partial charge in [0.05, 0.1) is 23.3 Å². The zero-order chi connectivity index (χ0) is 17.6. The van der Waals surface area contributed by atoms with E-state index in [9.17, 15) is 4.79 Å². The third kappa shape index (κ3) is 4.54. The van der Waals surface area contributed by atoms with Gasteiger partial charge in [-0.25, -0.2) is 4.98 Å². The molecule has 1 aromatic carbocycles. The molecule has 0 bridgehead atoms. The molecule has 0 saturated heterocycles. The van der Waals surface area contributed by atoms with Crippen LogP contribution >= 0.6 is 15.9 Å². The summed E-state index contributed by atoms with van der Waals surface area (Å²) >= 11 is 3.47. The lowest BCUT2D eigenvalue weighted by Crippen LogP contribution is -2.26. The SMILES string of the molecule is Cc1nc(-c2cccc(Br)c2)ccc1C(=O)NCCCn1ccnc1. The number of carbonyl (C=O) groups is 1. The Labute approximate surface area is 155 Å². The molecule has 5 nitrogen and oxygen atoms in total. The van der Waals surface area contributed by atoms with Crippen LogP contribution in [0, 0.1) is 6.92 Å². The molecule has 0 fully saturated rings. The Morgan fingerprint density at radius 1 is 1.28 bits per heavy atom. The van der Waals surface area contributed by atoms with Crippen molar-refractivity contribution in [3.8, 4) is 11.3 Å². The first kappa shape index (κ1) is 17.4. The lowest BCUT2D eigenvalue weighted by atomic mass is 10.1. The first-order chi connectivity index (χ1) is 12.1. The molecule has 2 heterocycles. The van der Waals surface area contributed by atoms with Gasteiger partial charge < -0.3 is 9.88 Å². The van der Waals surface area contributed by atoms with E-state index in [1.807, 2.05) is 54.1 Å². The lowest BCUT2D eigenvalue weighted by Gasteiger charge is -2.09. The maximum absolute atomic E-state index is 12.4. The van der Waals surface area contributed by atoms with E-state index in [1.54, 1.807) is 12.5 Å². The quantitative estimate of drug-likeness (QED) is 0.641. The van der Waals surface area contributed by atoms with E-state index >= 15 is 0 Å². The largest absolute Gasteiger partial charge is 0.352 e. The van der Waals surface area contributed by atoms with Crippen molar-refractivity contribution in [3.05, 3.63) is 70.8 Å². The van der Waals surface area contributed by atoms with Crippen LogP contribution in [0.4, 0.5) is 0 Å². The molecule has 0 aliphatic carbocycles. The van der Waals surface area contributed by atoms with Gasteiger partial charge >= 0.3 is 0 Å². The molecule has 0 radical (unpaired) electrons. The van der Waals surface area contributed by atoms with E-state index < -0.39 is 0 Å². The molecule has 3 rings (SSSR count). The first-order valence-electron chi connectivity index (χ1n) is 8.11. The number of benzene rings is 1. The van der Waals surface area contributed by atoms with Gasteiger partial charge in [-0.3, -0.25) is 9.78 Å². The topological polar surface area (TPSA) is 59.8 Å². The predicted molar refractivity (Wildman–Crippen MR) is 101 cm³/mol. The van der Waals surface area contributed by atoms with E-state index in [2.05, 4.69) is 31.2 Å². The molecule has 0 saturated carbocycles. The van der Waals surface area contributed by atoms with Gasteiger partial charge in [-0.15, -0.1) is 0 Å². The number of aromatic nitrogens is 3. The third-order valence-corrected chi connectivity index (χ3v) is 4.38. The van der Waals surface area contributed by atoms with Crippen molar-refractivity contribution in [3.63, 3.8) is 0 Å². The lowest BCUT2D eigenvalue weighted by molar-refractivity contribution is 0.0951. The molecule has 0 spiro atoms. The summed E-state index contributed by atoms with van der Waals surface area (Å²) in [5, 5.41) is 2.95. The van der Waals surface area contributed by atoms with Gasteiger partial charge in [-0.05, 0) is 37.6 Å². The van der Waals surface area contributed by atoms with Gasteiger partial charge in [0.2, 0.25) is 0 Å². The number of amides is 1. The summed E-state index contributed by atoms with van der Waals surface area (Å²) in [6.07, 6.45) is 6.29. The Hall–Kier alpha value is -2.47. The van der Waals surface area contributed by atoms with Crippen LogP contribution in [0.15, 0.2) is 59.6 Å². The van der Waals surface area contributed by atoms with Crippen LogP contribution in [-0.2, 0) is 6.54 Å². The third-order valence-electron chi connectivity index (χ3n) is 3.89. The average Bonchev–Trinajstić information content (AvgIpc) is 3.12. The fourth-order valence-electron chi connectivity index (χ4n) is 2.59. The molecule has 128 valence electrons. The van der Waals surface area contributed by atoms with Crippen molar-refractivity contribution in [2.24, 2.45) is 0 Å². The summed E-state index contributed by atoms with van der Waals surface area (Å²) in [5.74, 6) is -0.0866. The number of pyridine rings is 1. The molecular formula is C19H19BrN4O. The van der Waals surface area contributed by atoms with Crippen molar-refractivity contribution in [1.29, 1.82) is 0 Å². The van der Waals surface area contributed by atoms with E-state index in [0.29, 0.717) is 12.1 Å². The minimum Gasteiger partial charge on any atom is -0.352 e. The minimum atomic E-state index is -0.0866. The number of nitrogens with zero attached hydrogens (tertiary/aromatic N) is 3. The number of carbonyl (C=O) groups excluding carboxylic acids is 1. The number of halogens is 1. The smallest absolute Gasteiger partial charge is 0.253 e. The van der Waals surface area contributed by atoms with E-state index in [1.165, 1.54) is 0 Å². The van der Waals surface area contributed by atoms with Gasteiger partial charge in [0.15, 0.2) is 0 Å². The normalized spacial score (nSPS) is 10.6. The zero-order valence-corrected chi connectivity index (χ0v) is 15.5. The highest BCUT2D eigenvalue weighted by Gasteiger charge is 2.11. The van der Waals surface area contributed by atoms with Crippen LogP contribution in [0.1, 0.15) is 22.5 Å². The number of hydrogen-bond donors (Lipinski definition) is 1. The number of imidazole rings is 1. The van der Waals surface area contributed by atoms with E-state index in [-0.39, 0.29) is 5.91 Å². The van der Waals surface area contributed by atoms with Crippen LogP contribution in [-0.4, -0.2) is 27.0 Å². The molecule has 0 aliphatic heterocycles. The van der Waals surface area contributed by atoms with E-state index in [4.69, 9.17) is 0 Å². The van der Waals surface area contributed by atoms with Gasteiger partial charge in [0.25, 0.3) is 5.91 Å². The van der Waals surface area contributed by atoms with Crippen molar-refractivity contribution < 1.29 is 4.79 Å². The molecule has 25 heavy (non-hydrogen) atoms. The van der Waals surface area contributed by atoms with Crippen LogP contribution in [0.2, 0.25) is 0 Å². The Morgan fingerprint density at radius 2 is 2.16 bits per heavy atom. The number of hydrogen-bond acceptors (Lipinski definition) is 3. The second-order valence-corrected chi connectivity index (χ2v) is 6.67. The average molecular weight is 399 g/mol. The fourth-order valence-corrected chi connectivity index (χ4v) is 2.99. The highest BCUT2D eigenvalue weighted by Crippen LogP contribution is 2.22. The van der Waals surface area contributed by atoms with Crippen LogP contribution in [0.5, 0.6) is 0 Å². The highest BCUT2D eigenvalue weighted by atomic mass is 79.9. The molecule has 0 aliphatic rings. The van der Waals surface area contributed by atoms with Gasteiger partial charge in [0.1, 0.15) is 0 Å². The Bertz CT molecular complexity index is 862. The molecule has 6 heteroatoms. The van der Waals surface area contributed by atoms with Crippen molar-refractivity contribution in [2.75, 3.05) is 6.54 Å². The summed E-state index contributed by atoms with van der Waals surface area (Å²) < 4.78 is 3.00. The Balaban J connectivity index is 1.61. The second-order valence-electron chi connectivity index (χ2n) is 5.75. The maximum Gasteiger partial charge on any atom is 0.253 e. The maximum atomic E-state index is 12.4. The summed E-state index contributed by atoms with van der Waals surface area (Å²) in [7, 11) is 0. The standard InChI is InChI=1S/C19H19BrN4O/c1-14-17(19(25)22-8-3-10-24-11-9-21-13-24)6-7-18(23-14)15-4-2-5-16(20)12-15/h2,4-7,9,11-13H,3,8,10H2,1H3,(H,22,25). The Kier molecular flexibility index (Phi) is 5.60. The highest BCUT2D eigenvalue weighted by molar-refractivity contribution is 9.10. The summed E-state index contributed by atoms with van der Waals surface area (Å²) in [4.78, 5) is 20.9. The molecule has 2 aromatic heterocycles. The van der Waals surface area contributed by atoms with Crippen LogP contribution < -0.4 is 5.32 Å². The van der Waals surface area contributed by atoms with Gasteiger partial charge in [-0.2, -0.15) is 0 Å². The van der Waals surface area contributed by atoms with Crippen molar-refractivity contribution in [1.82, 2.24) is 19.9 Å². The predicted octanol–water partition coefficient (Wildman–Crippen LogP) is 3.84. The van der Waals surface area contributed by atoms with Crippen LogP contribution in [0.3, 0.4) is 0 Å². The minimum absolute atomic E-state index is 0.0866. The number of nitrogens with one attached hydrogen (secondary N) is 1. The van der Waals surface area contributed by atoms with Crippen molar-refractivity contribution in [2.45, 2.75) is 19.9 Å². The van der Waals surface area contributed by atoms with E-state index in [0.717, 1.165) is 34.4 Å². The van der Waals surface area contributed by atoms with Gasteiger partial charge in [-0.1, -0.05) is 28.1 Å². The molecule has 1 amide bonds. The van der Waals surface area contributed by atoms with Gasteiger partial charge in [0, 0.05) is 35.5 Å². The summed E-state index contributed by atoms with van der Waals surface area (Å²) in [6, 6.07) is 11.7. The number of aryl methyl sites for hydroxylation is 2.